The van der Waals surface area contributed by atoms with Crippen molar-refractivity contribution in [2.24, 2.45) is 22.4 Å². The largest absolute Gasteiger partial charge is 0.370 e. The predicted molar refractivity (Wildman–Crippen MR) is 39.8 cm³/mol. The molecule has 0 fully saturated rings. The molecular weight excluding hydrogens is 114 g/mol. The normalized spacial score (nSPS) is 9.22. The van der Waals surface area contributed by atoms with Gasteiger partial charge in [0.05, 0.1) is 0 Å². The van der Waals surface area contributed by atoms with Crippen LogP contribution in [0.3, 0.4) is 0 Å². The molecule has 9 heavy (non-hydrogen) atoms. The smallest absolute Gasteiger partial charge is 0.190 e. The standard InChI is InChI=1S/C6H13N3/c1-4(2)5(3)9-6(7)8/h4H,3H2,1-2H3,(H4,7,8,9). The average Bonchev–Trinajstić information content (AvgIpc) is 1.63. The first-order valence-electron chi connectivity index (χ1n) is 2.82. The number of rotatable bonds is 2. The number of nitrogens with zero attached hydrogens (tertiary/aromatic N) is 1. The van der Waals surface area contributed by atoms with E-state index in [-0.39, 0.29) is 5.96 Å². The Morgan fingerprint density at radius 3 is 2.00 bits per heavy atom. The molecule has 0 heterocycles. The van der Waals surface area contributed by atoms with Gasteiger partial charge in [0.1, 0.15) is 0 Å². The van der Waals surface area contributed by atoms with Crippen LogP contribution < -0.4 is 11.5 Å². The van der Waals surface area contributed by atoms with Gasteiger partial charge in [0.25, 0.3) is 0 Å². The number of hydrogen-bond donors (Lipinski definition) is 2. The average molecular weight is 127 g/mol. The van der Waals surface area contributed by atoms with Crippen molar-refractivity contribution in [2.45, 2.75) is 13.8 Å². The van der Waals surface area contributed by atoms with E-state index in [9.17, 15) is 0 Å². The van der Waals surface area contributed by atoms with Gasteiger partial charge >= 0.3 is 0 Å². The Morgan fingerprint density at radius 1 is 1.44 bits per heavy atom. The number of guanidine groups is 1. The SMILES string of the molecule is C=C(N=C(N)N)C(C)C. The molecule has 0 rings (SSSR count). The summed E-state index contributed by atoms with van der Waals surface area (Å²) in [4.78, 5) is 3.75. The minimum Gasteiger partial charge on any atom is -0.370 e. The Bertz CT molecular complexity index is 131. The molecule has 3 heteroatoms. The van der Waals surface area contributed by atoms with E-state index in [0.717, 1.165) is 5.70 Å². The van der Waals surface area contributed by atoms with Gasteiger partial charge in [0.2, 0.25) is 0 Å². The zero-order valence-corrected chi connectivity index (χ0v) is 5.89. The molecule has 0 aliphatic rings. The van der Waals surface area contributed by atoms with Crippen LogP contribution in [0.5, 0.6) is 0 Å². The van der Waals surface area contributed by atoms with E-state index in [0.29, 0.717) is 5.92 Å². The molecule has 0 saturated heterocycles. The van der Waals surface area contributed by atoms with Crippen LogP contribution in [0.25, 0.3) is 0 Å². The Kier molecular flexibility index (Phi) is 2.78. The van der Waals surface area contributed by atoms with Gasteiger partial charge in [0.15, 0.2) is 5.96 Å². The van der Waals surface area contributed by atoms with E-state index in [2.05, 4.69) is 11.6 Å². The van der Waals surface area contributed by atoms with Crippen LogP contribution in [0.1, 0.15) is 13.8 Å². The monoisotopic (exact) mass is 127 g/mol. The molecule has 0 aromatic carbocycles. The second-order valence-corrected chi connectivity index (χ2v) is 2.18. The van der Waals surface area contributed by atoms with E-state index >= 15 is 0 Å². The van der Waals surface area contributed by atoms with E-state index in [1.54, 1.807) is 0 Å². The molecule has 4 N–H and O–H groups in total. The highest BCUT2D eigenvalue weighted by molar-refractivity contribution is 5.76. The van der Waals surface area contributed by atoms with Crippen LogP contribution in [0.4, 0.5) is 0 Å². The van der Waals surface area contributed by atoms with Crippen molar-refractivity contribution in [3.05, 3.63) is 12.3 Å². The number of hydrogen-bond acceptors (Lipinski definition) is 1. The van der Waals surface area contributed by atoms with Crippen LogP contribution in [0.2, 0.25) is 0 Å². The molecule has 0 aromatic rings. The zero-order chi connectivity index (χ0) is 7.44. The van der Waals surface area contributed by atoms with Crippen LogP contribution in [-0.2, 0) is 0 Å². The lowest BCUT2D eigenvalue weighted by Gasteiger charge is -2.01. The van der Waals surface area contributed by atoms with Crippen molar-refractivity contribution in [3.8, 4) is 0 Å². The fourth-order valence-electron chi connectivity index (χ4n) is 0.295. The van der Waals surface area contributed by atoms with E-state index in [1.807, 2.05) is 13.8 Å². The molecule has 0 atom stereocenters. The van der Waals surface area contributed by atoms with Crippen LogP contribution >= 0.6 is 0 Å². The molecule has 52 valence electrons. The molecule has 0 saturated carbocycles. The molecule has 0 aliphatic heterocycles. The third-order valence-electron chi connectivity index (χ3n) is 0.939. The Morgan fingerprint density at radius 2 is 1.89 bits per heavy atom. The summed E-state index contributed by atoms with van der Waals surface area (Å²) in [6.45, 7) is 7.61. The lowest BCUT2D eigenvalue weighted by Crippen LogP contribution is -2.23. The molecule has 3 nitrogen and oxygen atoms in total. The molecule has 0 bridgehead atoms. The quantitative estimate of drug-likeness (QED) is 0.417. The fourth-order valence-corrected chi connectivity index (χ4v) is 0.295. The highest BCUT2D eigenvalue weighted by Gasteiger charge is 1.95. The van der Waals surface area contributed by atoms with Crippen molar-refractivity contribution >= 4 is 5.96 Å². The van der Waals surface area contributed by atoms with Gasteiger partial charge in [-0.15, -0.1) is 0 Å². The van der Waals surface area contributed by atoms with E-state index in [1.165, 1.54) is 0 Å². The minimum absolute atomic E-state index is 0.0775. The summed E-state index contributed by atoms with van der Waals surface area (Å²) in [5.74, 6) is 0.390. The van der Waals surface area contributed by atoms with Gasteiger partial charge in [-0.05, 0) is 5.92 Å². The van der Waals surface area contributed by atoms with Gasteiger partial charge < -0.3 is 11.5 Å². The first-order valence-corrected chi connectivity index (χ1v) is 2.82. The summed E-state index contributed by atoms with van der Waals surface area (Å²) in [6, 6.07) is 0. The molecular formula is C6H13N3. The molecule has 0 radical (unpaired) electrons. The third kappa shape index (κ3) is 3.58. The van der Waals surface area contributed by atoms with Gasteiger partial charge in [-0.25, -0.2) is 4.99 Å². The van der Waals surface area contributed by atoms with Crippen molar-refractivity contribution < 1.29 is 0 Å². The van der Waals surface area contributed by atoms with Crippen LogP contribution in [0, 0.1) is 5.92 Å². The first kappa shape index (κ1) is 8.01. The second kappa shape index (κ2) is 3.12. The predicted octanol–water partition coefficient (Wildman–Crippen LogP) is 0.429. The highest BCUT2D eigenvalue weighted by Crippen LogP contribution is 2.06. The lowest BCUT2D eigenvalue weighted by atomic mass is 10.2. The highest BCUT2D eigenvalue weighted by atomic mass is 15.0. The Labute approximate surface area is 55.4 Å². The second-order valence-electron chi connectivity index (χ2n) is 2.18. The molecule has 0 aromatic heterocycles. The summed E-state index contributed by atoms with van der Waals surface area (Å²) in [5, 5.41) is 0. The first-order chi connectivity index (χ1) is 4.04. The minimum atomic E-state index is 0.0775. The van der Waals surface area contributed by atoms with Crippen molar-refractivity contribution in [2.75, 3.05) is 0 Å². The Hall–Kier alpha value is -0.990. The van der Waals surface area contributed by atoms with Gasteiger partial charge in [0, 0.05) is 5.70 Å². The summed E-state index contributed by atoms with van der Waals surface area (Å²) in [5.41, 5.74) is 10.9. The maximum absolute atomic E-state index is 5.10. The van der Waals surface area contributed by atoms with Crippen molar-refractivity contribution in [1.29, 1.82) is 0 Å². The number of allylic oxidation sites excluding steroid dienone is 1. The number of nitrogens with two attached hydrogens (primary N) is 2. The van der Waals surface area contributed by atoms with Crippen LogP contribution in [-0.4, -0.2) is 5.96 Å². The third-order valence-corrected chi connectivity index (χ3v) is 0.939. The number of aliphatic imine (C=N–C) groups is 1. The summed E-state index contributed by atoms with van der Waals surface area (Å²) in [6.07, 6.45) is 0. The van der Waals surface area contributed by atoms with Crippen molar-refractivity contribution in [1.82, 2.24) is 0 Å². The molecule has 0 amide bonds. The zero-order valence-electron chi connectivity index (χ0n) is 5.89. The van der Waals surface area contributed by atoms with Crippen molar-refractivity contribution in [3.63, 3.8) is 0 Å². The Balaban J connectivity index is 3.93. The van der Waals surface area contributed by atoms with Gasteiger partial charge in [-0.2, -0.15) is 0 Å². The summed E-state index contributed by atoms with van der Waals surface area (Å²) >= 11 is 0. The van der Waals surface area contributed by atoms with Crippen LogP contribution in [0.15, 0.2) is 17.3 Å². The van der Waals surface area contributed by atoms with E-state index in [4.69, 9.17) is 11.5 Å². The maximum atomic E-state index is 5.10. The van der Waals surface area contributed by atoms with Gasteiger partial charge in [-0.3, -0.25) is 0 Å². The molecule has 0 unspecified atom stereocenters. The lowest BCUT2D eigenvalue weighted by molar-refractivity contribution is 0.761. The maximum Gasteiger partial charge on any atom is 0.190 e. The topological polar surface area (TPSA) is 64.4 Å². The van der Waals surface area contributed by atoms with E-state index < -0.39 is 0 Å². The fraction of sp³-hybridized carbons (Fsp3) is 0.500. The summed E-state index contributed by atoms with van der Waals surface area (Å²) in [7, 11) is 0. The molecule has 0 spiro atoms. The van der Waals surface area contributed by atoms with Gasteiger partial charge in [-0.1, -0.05) is 20.4 Å². The molecule has 0 aliphatic carbocycles. The summed E-state index contributed by atoms with van der Waals surface area (Å²) < 4.78 is 0.